The number of nitrogens with one attached hydrogen (secondary N) is 2. The molecule has 152 valence electrons. The maximum Gasteiger partial charge on any atom is 0.227 e. The second-order valence-electron chi connectivity index (χ2n) is 7.93. The van der Waals surface area contributed by atoms with E-state index in [2.05, 4.69) is 10.6 Å². The van der Waals surface area contributed by atoms with E-state index in [-0.39, 0.29) is 29.4 Å². The first-order valence-electron chi connectivity index (χ1n) is 10.1. The summed E-state index contributed by atoms with van der Waals surface area (Å²) < 4.78 is 0. The summed E-state index contributed by atoms with van der Waals surface area (Å²) in [6.07, 6.45) is 2.81. The van der Waals surface area contributed by atoms with E-state index < -0.39 is 0 Å². The van der Waals surface area contributed by atoms with Gasteiger partial charge in [-0.15, -0.1) is 0 Å². The average Bonchev–Trinajstić information content (AvgIpc) is 2.71. The zero-order valence-corrected chi connectivity index (χ0v) is 17.2. The number of carbonyl (C=O) groups is 3. The topological polar surface area (TPSA) is 75.3 Å². The van der Waals surface area contributed by atoms with Crippen LogP contribution in [0.25, 0.3) is 0 Å². The summed E-state index contributed by atoms with van der Waals surface area (Å²) in [4.78, 5) is 36.6. The minimum absolute atomic E-state index is 0.000339. The molecule has 1 aliphatic rings. The van der Waals surface area contributed by atoms with Gasteiger partial charge in [0.2, 0.25) is 11.8 Å². The summed E-state index contributed by atoms with van der Waals surface area (Å²) in [7, 11) is 0. The van der Waals surface area contributed by atoms with Crippen molar-refractivity contribution < 1.29 is 14.4 Å². The molecule has 1 aliphatic carbocycles. The minimum Gasteiger partial charge on any atom is -0.326 e. The molecule has 0 atom stereocenters. The van der Waals surface area contributed by atoms with Crippen LogP contribution in [0.1, 0.15) is 54.1 Å². The third-order valence-electron chi connectivity index (χ3n) is 5.76. The van der Waals surface area contributed by atoms with Gasteiger partial charge >= 0.3 is 0 Å². The Labute approximate surface area is 171 Å². The summed E-state index contributed by atoms with van der Waals surface area (Å²) >= 11 is 0. The maximum atomic E-state index is 12.7. The Kier molecular flexibility index (Phi) is 6.47. The molecule has 2 aromatic rings. The van der Waals surface area contributed by atoms with E-state index in [4.69, 9.17) is 0 Å². The molecule has 29 heavy (non-hydrogen) atoms. The Morgan fingerprint density at radius 1 is 0.759 bits per heavy atom. The van der Waals surface area contributed by atoms with Gasteiger partial charge in [-0.3, -0.25) is 14.4 Å². The lowest BCUT2D eigenvalue weighted by Crippen LogP contribution is -2.32. The van der Waals surface area contributed by atoms with Gasteiger partial charge in [-0.1, -0.05) is 18.2 Å². The molecule has 2 N–H and O–H groups in total. The van der Waals surface area contributed by atoms with Crippen molar-refractivity contribution in [3.8, 4) is 0 Å². The second kappa shape index (κ2) is 9.03. The van der Waals surface area contributed by atoms with Crippen molar-refractivity contribution in [1.29, 1.82) is 0 Å². The molecule has 2 aromatic carbocycles. The largest absolute Gasteiger partial charge is 0.326 e. The quantitative estimate of drug-likeness (QED) is 0.712. The molecular formula is C24H28N2O3. The highest BCUT2D eigenvalue weighted by molar-refractivity contribution is 5.97. The normalized spacial score (nSPS) is 18.7. The number of aryl methyl sites for hydroxylation is 2. The first kappa shape index (κ1) is 20.8. The van der Waals surface area contributed by atoms with Crippen LogP contribution in [0.4, 0.5) is 11.4 Å². The van der Waals surface area contributed by atoms with Gasteiger partial charge in [-0.05, 0) is 81.8 Å². The van der Waals surface area contributed by atoms with Gasteiger partial charge in [0.1, 0.15) is 0 Å². The van der Waals surface area contributed by atoms with Crippen LogP contribution in [0.5, 0.6) is 0 Å². The van der Waals surface area contributed by atoms with Crippen LogP contribution < -0.4 is 10.6 Å². The van der Waals surface area contributed by atoms with E-state index in [1.165, 1.54) is 6.92 Å². The van der Waals surface area contributed by atoms with Crippen molar-refractivity contribution in [2.45, 2.75) is 46.5 Å². The van der Waals surface area contributed by atoms with Crippen LogP contribution in [-0.2, 0) is 9.59 Å². The number of ketones is 1. The van der Waals surface area contributed by atoms with E-state index in [0.717, 1.165) is 16.8 Å². The smallest absolute Gasteiger partial charge is 0.227 e. The fourth-order valence-electron chi connectivity index (χ4n) is 3.89. The molecular weight excluding hydrogens is 364 g/mol. The lowest BCUT2D eigenvalue weighted by Gasteiger charge is -2.27. The second-order valence-corrected chi connectivity index (χ2v) is 7.93. The van der Waals surface area contributed by atoms with Crippen LogP contribution in [0.2, 0.25) is 0 Å². The molecule has 0 aliphatic heterocycles. The molecule has 0 heterocycles. The minimum atomic E-state index is -0.0910. The van der Waals surface area contributed by atoms with Crippen molar-refractivity contribution in [2.24, 2.45) is 11.8 Å². The molecule has 0 saturated heterocycles. The van der Waals surface area contributed by atoms with E-state index in [1.807, 2.05) is 32.0 Å². The monoisotopic (exact) mass is 392 g/mol. The number of carbonyl (C=O) groups excluding carboxylic acids is 3. The van der Waals surface area contributed by atoms with E-state index in [1.54, 1.807) is 24.3 Å². The molecule has 1 fully saturated rings. The van der Waals surface area contributed by atoms with Crippen LogP contribution in [-0.4, -0.2) is 17.6 Å². The van der Waals surface area contributed by atoms with Crippen LogP contribution >= 0.6 is 0 Å². The Hall–Kier alpha value is -2.95. The van der Waals surface area contributed by atoms with Crippen molar-refractivity contribution in [3.63, 3.8) is 0 Å². The van der Waals surface area contributed by atoms with E-state index >= 15 is 0 Å². The van der Waals surface area contributed by atoms with Gasteiger partial charge in [0.25, 0.3) is 0 Å². The van der Waals surface area contributed by atoms with E-state index in [0.29, 0.717) is 36.9 Å². The molecule has 0 radical (unpaired) electrons. The molecule has 2 amide bonds. The lowest BCUT2D eigenvalue weighted by atomic mass is 9.81. The SMILES string of the molecule is CC(=O)c1ccc(NC(=O)C2CCC(C(=O)Nc3c(C)cccc3C)CC2)cc1. The predicted octanol–water partition coefficient (Wildman–Crippen LogP) is 4.89. The molecule has 0 unspecified atom stereocenters. The highest BCUT2D eigenvalue weighted by Gasteiger charge is 2.30. The summed E-state index contributed by atoms with van der Waals surface area (Å²) in [6.45, 7) is 5.50. The Balaban J connectivity index is 1.52. The Morgan fingerprint density at radius 2 is 1.24 bits per heavy atom. The number of rotatable bonds is 5. The number of hydrogen-bond donors (Lipinski definition) is 2. The van der Waals surface area contributed by atoms with Crippen molar-refractivity contribution in [2.75, 3.05) is 10.6 Å². The summed E-state index contributed by atoms with van der Waals surface area (Å²) in [5.74, 6) is -0.129. The van der Waals surface area contributed by atoms with Gasteiger partial charge in [0, 0.05) is 28.8 Å². The number of hydrogen-bond acceptors (Lipinski definition) is 3. The lowest BCUT2D eigenvalue weighted by molar-refractivity contribution is -0.125. The first-order chi connectivity index (χ1) is 13.8. The number of para-hydroxylation sites is 1. The zero-order chi connectivity index (χ0) is 21.0. The number of Topliss-reactive ketones (excluding diaryl/α,β-unsaturated/α-hetero) is 1. The Bertz CT molecular complexity index is 890. The molecule has 0 aromatic heterocycles. The van der Waals surface area contributed by atoms with Crippen LogP contribution in [0, 0.1) is 25.7 Å². The van der Waals surface area contributed by atoms with Gasteiger partial charge in [0.15, 0.2) is 5.78 Å². The van der Waals surface area contributed by atoms with Gasteiger partial charge in [-0.2, -0.15) is 0 Å². The van der Waals surface area contributed by atoms with Gasteiger partial charge in [-0.25, -0.2) is 0 Å². The third-order valence-corrected chi connectivity index (χ3v) is 5.76. The van der Waals surface area contributed by atoms with E-state index in [9.17, 15) is 14.4 Å². The fraction of sp³-hybridized carbons (Fsp3) is 0.375. The van der Waals surface area contributed by atoms with Gasteiger partial charge < -0.3 is 10.6 Å². The summed E-state index contributed by atoms with van der Waals surface area (Å²) in [5.41, 5.74) is 4.32. The summed E-state index contributed by atoms with van der Waals surface area (Å²) in [5, 5.41) is 6.01. The maximum absolute atomic E-state index is 12.7. The van der Waals surface area contributed by atoms with Crippen molar-refractivity contribution in [3.05, 3.63) is 59.2 Å². The van der Waals surface area contributed by atoms with Crippen LogP contribution in [0.3, 0.4) is 0 Å². The van der Waals surface area contributed by atoms with Crippen molar-refractivity contribution >= 4 is 29.0 Å². The number of benzene rings is 2. The zero-order valence-electron chi connectivity index (χ0n) is 17.2. The molecule has 0 spiro atoms. The summed E-state index contributed by atoms with van der Waals surface area (Å²) in [6, 6.07) is 12.9. The van der Waals surface area contributed by atoms with Crippen molar-refractivity contribution in [1.82, 2.24) is 0 Å². The highest BCUT2D eigenvalue weighted by Crippen LogP contribution is 2.31. The average molecular weight is 392 g/mol. The predicted molar refractivity (Wildman–Crippen MR) is 115 cm³/mol. The van der Waals surface area contributed by atoms with Gasteiger partial charge in [0.05, 0.1) is 0 Å². The molecule has 5 heteroatoms. The Morgan fingerprint density at radius 3 is 1.72 bits per heavy atom. The molecule has 5 nitrogen and oxygen atoms in total. The molecule has 3 rings (SSSR count). The third kappa shape index (κ3) is 5.11. The number of anilines is 2. The first-order valence-corrected chi connectivity index (χ1v) is 10.1. The molecule has 0 bridgehead atoms. The number of amides is 2. The molecule has 1 saturated carbocycles. The standard InChI is InChI=1S/C24H28N2O3/c1-15-5-4-6-16(2)22(15)26-24(29)20-9-7-19(8-10-20)23(28)25-21-13-11-18(12-14-21)17(3)27/h4-6,11-14,19-20H,7-10H2,1-3H3,(H,25,28)(H,26,29). The fourth-order valence-corrected chi connectivity index (χ4v) is 3.89. The highest BCUT2D eigenvalue weighted by atomic mass is 16.2. The van der Waals surface area contributed by atoms with Crippen LogP contribution in [0.15, 0.2) is 42.5 Å².